The SMILES string of the molecule is O=C(NCCc1cn2ccccc2n1)N1CCN(c2nccs2)CC1. The maximum absolute atomic E-state index is 12.3. The van der Waals surface area contributed by atoms with E-state index in [1.54, 1.807) is 11.3 Å². The second-order valence-electron chi connectivity index (χ2n) is 5.97. The Labute approximate surface area is 149 Å². The molecule has 0 unspecified atom stereocenters. The fourth-order valence-electron chi connectivity index (χ4n) is 2.99. The number of anilines is 1. The van der Waals surface area contributed by atoms with Crippen LogP contribution in [0.1, 0.15) is 5.69 Å². The van der Waals surface area contributed by atoms with Gasteiger partial charge in [-0.1, -0.05) is 6.07 Å². The molecule has 0 spiro atoms. The van der Waals surface area contributed by atoms with E-state index in [0.29, 0.717) is 6.54 Å². The molecule has 4 rings (SSSR count). The van der Waals surface area contributed by atoms with Crippen molar-refractivity contribution in [1.82, 2.24) is 24.6 Å². The number of piperazine rings is 1. The van der Waals surface area contributed by atoms with E-state index in [2.05, 4.69) is 20.2 Å². The summed E-state index contributed by atoms with van der Waals surface area (Å²) in [6, 6.07) is 5.93. The number of hydrogen-bond donors (Lipinski definition) is 1. The summed E-state index contributed by atoms with van der Waals surface area (Å²) in [5.74, 6) is 0. The van der Waals surface area contributed by atoms with Crippen molar-refractivity contribution in [2.24, 2.45) is 0 Å². The summed E-state index contributed by atoms with van der Waals surface area (Å²) >= 11 is 1.64. The molecular formula is C17H20N6OS. The number of rotatable bonds is 4. The van der Waals surface area contributed by atoms with E-state index in [1.807, 2.05) is 51.5 Å². The van der Waals surface area contributed by atoms with Crippen LogP contribution in [0.4, 0.5) is 9.93 Å². The first kappa shape index (κ1) is 15.9. The van der Waals surface area contributed by atoms with E-state index in [4.69, 9.17) is 0 Å². The molecule has 1 saturated heterocycles. The molecular weight excluding hydrogens is 336 g/mol. The van der Waals surface area contributed by atoms with Crippen molar-refractivity contribution >= 4 is 28.1 Å². The van der Waals surface area contributed by atoms with Crippen LogP contribution in [0.2, 0.25) is 0 Å². The monoisotopic (exact) mass is 356 g/mol. The summed E-state index contributed by atoms with van der Waals surface area (Å²) in [6.07, 6.45) is 6.53. The fraction of sp³-hybridized carbons (Fsp3) is 0.353. The van der Waals surface area contributed by atoms with E-state index < -0.39 is 0 Å². The largest absolute Gasteiger partial charge is 0.345 e. The third-order valence-corrected chi connectivity index (χ3v) is 5.16. The van der Waals surface area contributed by atoms with Gasteiger partial charge in [0.05, 0.1) is 5.69 Å². The second kappa shape index (κ2) is 7.10. The predicted molar refractivity (Wildman–Crippen MR) is 98.2 cm³/mol. The van der Waals surface area contributed by atoms with E-state index in [0.717, 1.165) is 49.1 Å². The van der Waals surface area contributed by atoms with Crippen LogP contribution in [-0.4, -0.2) is 58.0 Å². The van der Waals surface area contributed by atoms with Gasteiger partial charge in [0, 0.05) is 63.1 Å². The van der Waals surface area contributed by atoms with Gasteiger partial charge in [0.2, 0.25) is 0 Å². The fourth-order valence-corrected chi connectivity index (χ4v) is 3.69. The lowest BCUT2D eigenvalue weighted by Gasteiger charge is -2.34. The van der Waals surface area contributed by atoms with Gasteiger partial charge in [-0.25, -0.2) is 14.8 Å². The summed E-state index contributed by atoms with van der Waals surface area (Å²) in [5, 5.41) is 6.02. The van der Waals surface area contributed by atoms with Gasteiger partial charge in [-0.05, 0) is 12.1 Å². The Kier molecular flexibility index (Phi) is 4.51. The van der Waals surface area contributed by atoms with Crippen molar-refractivity contribution in [2.45, 2.75) is 6.42 Å². The number of urea groups is 1. The molecule has 3 aromatic rings. The zero-order valence-corrected chi connectivity index (χ0v) is 14.7. The van der Waals surface area contributed by atoms with Crippen molar-refractivity contribution in [1.29, 1.82) is 0 Å². The molecule has 0 radical (unpaired) electrons. The van der Waals surface area contributed by atoms with Crippen LogP contribution >= 0.6 is 11.3 Å². The Morgan fingerprint density at radius 1 is 1.24 bits per heavy atom. The van der Waals surface area contributed by atoms with Crippen LogP contribution in [0.25, 0.3) is 5.65 Å². The maximum atomic E-state index is 12.3. The highest BCUT2D eigenvalue weighted by molar-refractivity contribution is 7.13. The van der Waals surface area contributed by atoms with Crippen molar-refractivity contribution in [2.75, 3.05) is 37.6 Å². The minimum atomic E-state index is 0.00236. The highest BCUT2D eigenvalue weighted by atomic mass is 32.1. The zero-order valence-electron chi connectivity index (χ0n) is 13.8. The van der Waals surface area contributed by atoms with Crippen LogP contribution < -0.4 is 10.2 Å². The Morgan fingerprint density at radius 3 is 2.88 bits per heavy atom. The first-order valence-electron chi connectivity index (χ1n) is 8.39. The first-order valence-corrected chi connectivity index (χ1v) is 9.27. The minimum absolute atomic E-state index is 0.00236. The number of carbonyl (C=O) groups is 1. The van der Waals surface area contributed by atoms with Gasteiger partial charge < -0.3 is 19.5 Å². The van der Waals surface area contributed by atoms with Gasteiger partial charge in [0.1, 0.15) is 5.65 Å². The third kappa shape index (κ3) is 3.58. The molecule has 0 aliphatic carbocycles. The molecule has 1 aliphatic rings. The molecule has 0 atom stereocenters. The van der Waals surface area contributed by atoms with Gasteiger partial charge in [-0.3, -0.25) is 0 Å². The Hall–Kier alpha value is -2.61. The number of nitrogens with one attached hydrogen (secondary N) is 1. The number of aromatic nitrogens is 3. The quantitative estimate of drug-likeness (QED) is 0.775. The second-order valence-corrected chi connectivity index (χ2v) is 6.84. The molecule has 0 saturated carbocycles. The predicted octanol–water partition coefficient (Wildman–Crippen LogP) is 1.87. The number of fused-ring (bicyclic) bond motifs is 1. The normalized spacial score (nSPS) is 14.9. The van der Waals surface area contributed by atoms with Crippen molar-refractivity contribution in [3.8, 4) is 0 Å². The summed E-state index contributed by atoms with van der Waals surface area (Å²) in [7, 11) is 0. The van der Waals surface area contributed by atoms with E-state index in [-0.39, 0.29) is 6.03 Å². The number of amides is 2. The van der Waals surface area contributed by atoms with E-state index in [1.165, 1.54) is 0 Å². The summed E-state index contributed by atoms with van der Waals surface area (Å²) in [4.78, 5) is 25.3. The standard InChI is InChI=1S/C17H20N6OS/c24-16(21-8-10-22(11-9-21)17-19-6-12-25-17)18-5-4-14-13-23-7-2-1-3-15(23)20-14/h1-3,6-7,12-13H,4-5,8-11H2,(H,18,24). The summed E-state index contributed by atoms with van der Waals surface area (Å²) < 4.78 is 2.00. The lowest BCUT2D eigenvalue weighted by molar-refractivity contribution is 0.194. The molecule has 0 aromatic carbocycles. The van der Waals surface area contributed by atoms with Crippen LogP contribution in [0.15, 0.2) is 42.2 Å². The molecule has 2 amide bonds. The smallest absolute Gasteiger partial charge is 0.317 e. The molecule has 130 valence electrons. The molecule has 3 aromatic heterocycles. The minimum Gasteiger partial charge on any atom is -0.345 e. The lowest BCUT2D eigenvalue weighted by atomic mass is 10.3. The number of carbonyl (C=O) groups excluding carboxylic acids is 1. The molecule has 1 aliphatic heterocycles. The number of imidazole rings is 1. The van der Waals surface area contributed by atoms with Crippen molar-refractivity contribution in [3.05, 3.63) is 47.9 Å². The van der Waals surface area contributed by atoms with Crippen LogP contribution in [-0.2, 0) is 6.42 Å². The topological polar surface area (TPSA) is 65.8 Å². The summed E-state index contributed by atoms with van der Waals surface area (Å²) in [6.45, 7) is 3.69. The number of hydrogen-bond acceptors (Lipinski definition) is 5. The van der Waals surface area contributed by atoms with Crippen LogP contribution in [0.3, 0.4) is 0 Å². The van der Waals surface area contributed by atoms with Crippen molar-refractivity contribution < 1.29 is 4.79 Å². The zero-order chi connectivity index (χ0) is 17.1. The molecule has 4 heterocycles. The lowest BCUT2D eigenvalue weighted by Crippen LogP contribution is -2.52. The van der Waals surface area contributed by atoms with Crippen molar-refractivity contribution in [3.63, 3.8) is 0 Å². The highest BCUT2D eigenvalue weighted by Crippen LogP contribution is 2.18. The van der Waals surface area contributed by atoms with E-state index >= 15 is 0 Å². The number of nitrogens with zero attached hydrogens (tertiary/aromatic N) is 5. The molecule has 8 heteroatoms. The molecule has 1 fully saturated rings. The maximum Gasteiger partial charge on any atom is 0.317 e. The van der Waals surface area contributed by atoms with Gasteiger partial charge in [-0.2, -0.15) is 0 Å². The Morgan fingerprint density at radius 2 is 2.12 bits per heavy atom. The van der Waals surface area contributed by atoms with Crippen LogP contribution in [0.5, 0.6) is 0 Å². The molecule has 1 N–H and O–H groups in total. The van der Waals surface area contributed by atoms with Gasteiger partial charge >= 0.3 is 6.03 Å². The molecule has 0 bridgehead atoms. The van der Waals surface area contributed by atoms with E-state index in [9.17, 15) is 4.79 Å². The highest BCUT2D eigenvalue weighted by Gasteiger charge is 2.22. The number of pyridine rings is 1. The average Bonchev–Trinajstić information content (AvgIpc) is 3.31. The van der Waals surface area contributed by atoms with Gasteiger partial charge in [0.25, 0.3) is 0 Å². The number of thiazole rings is 1. The average molecular weight is 356 g/mol. The summed E-state index contributed by atoms with van der Waals surface area (Å²) in [5.41, 5.74) is 1.92. The third-order valence-electron chi connectivity index (χ3n) is 4.33. The van der Waals surface area contributed by atoms with Gasteiger partial charge in [0.15, 0.2) is 5.13 Å². The first-order chi connectivity index (χ1) is 12.3. The van der Waals surface area contributed by atoms with Gasteiger partial charge in [-0.15, -0.1) is 11.3 Å². The Bertz CT molecular complexity index is 805. The molecule has 7 nitrogen and oxygen atoms in total. The van der Waals surface area contributed by atoms with Crippen LogP contribution in [0, 0.1) is 0 Å². The molecule has 25 heavy (non-hydrogen) atoms. The Balaban J connectivity index is 1.24.